The molecule has 0 radical (unpaired) electrons. The maximum atomic E-state index is 13.8. The number of pyridine rings is 1. The quantitative estimate of drug-likeness (QED) is 0.204. The van der Waals surface area contributed by atoms with Crippen molar-refractivity contribution in [3.8, 4) is 34.0 Å². The molecule has 0 saturated heterocycles. The lowest BCUT2D eigenvalue weighted by atomic mass is 9.97. The van der Waals surface area contributed by atoms with Gasteiger partial charge in [0.1, 0.15) is 0 Å². The number of nitrogens with zero attached hydrogens (tertiary/aromatic N) is 3. The average molecular weight is 557 g/mol. The molecule has 0 unspecified atom stereocenters. The molecule has 0 aliphatic carbocycles. The third-order valence-corrected chi connectivity index (χ3v) is 6.91. The van der Waals surface area contributed by atoms with Gasteiger partial charge in [-0.15, -0.1) is 0 Å². The topological polar surface area (TPSA) is 41.6 Å². The largest absolute Gasteiger partial charge is 0.416 e. The molecule has 4 aromatic carbocycles. The fourth-order valence-electron chi connectivity index (χ4n) is 5.15. The number of aromatic nitrogens is 2. The number of nitriles is 1. The standard InChI is InChI=1S/C32H17F6N3/c33-31(34,35)23-14-22(15-24(17-23)32(36,37)38)26-5-3-6-28-27-4-1-2-7-29(27)41(30(26)28)25-13-19(18-39)12-21(16-25)20-8-10-40-11-9-20/h1-17H. The lowest BCUT2D eigenvalue weighted by Gasteiger charge is -2.17. The Labute approximate surface area is 229 Å². The Morgan fingerprint density at radius 1 is 0.634 bits per heavy atom. The van der Waals surface area contributed by atoms with E-state index in [4.69, 9.17) is 0 Å². The van der Waals surface area contributed by atoms with Crippen LogP contribution in [0.5, 0.6) is 0 Å². The van der Waals surface area contributed by atoms with Crippen LogP contribution in [-0.4, -0.2) is 9.55 Å². The molecule has 202 valence electrons. The van der Waals surface area contributed by atoms with Crippen LogP contribution in [0.15, 0.2) is 103 Å². The van der Waals surface area contributed by atoms with Crippen LogP contribution in [0.1, 0.15) is 16.7 Å². The fourth-order valence-corrected chi connectivity index (χ4v) is 5.15. The van der Waals surface area contributed by atoms with Gasteiger partial charge >= 0.3 is 12.4 Å². The molecule has 2 aromatic heterocycles. The molecule has 0 atom stereocenters. The lowest BCUT2D eigenvalue weighted by Crippen LogP contribution is -2.11. The van der Waals surface area contributed by atoms with Crippen molar-refractivity contribution in [2.75, 3.05) is 0 Å². The van der Waals surface area contributed by atoms with Crippen LogP contribution < -0.4 is 0 Å². The Kier molecular flexibility index (Phi) is 6.07. The molecular weight excluding hydrogens is 540 g/mol. The Bertz CT molecular complexity index is 1950. The summed E-state index contributed by atoms with van der Waals surface area (Å²) < 4.78 is 84.3. The highest BCUT2D eigenvalue weighted by atomic mass is 19.4. The van der Waals surface area contributed by atoms with E-state index in [2.05, 4.69) is 11.1 Å². The number of para-hydroxylation sites is 2. The maximum absolute atomic E-state index is 13.8. The number of hydrogen-bond acceptors (Lipinski definition) is 2. The minimum atomic E-state index is -4.99. The summed E-state index contributed by atoms with van der Waals surface area (Å²) >= 11 is 0. The van der Waals surface area contributed by atoms with Crippen molar-refractivity contribution in [3.05, 3.63) is 120 Å². The Morgan fingerprint density at radius 2 is 1.29 bits per heavy atom. The summed E-state index contributed by atoms with van der Waals surface area (Å²) in [4.78, 5) is 4.03. The summed E-state index contributed by atoms with van der Waals surface area (Å²) in [7, 11) is 0. The first-order chi connectivity index (χ1) is 19.5. The van der Waals surface area contributed by atoms with Crippen LogP contribution in [0.2, 0.25) is 0 Å². The second kappa shape index (κ2) is 9.52. The zero-order valence-corrected chi connectivity index (χ0v) is 20.9. The van der Waals surface area contributed by atoms with Gasteiger partial charge in [-0.2, -0.15) is 31.6 Å². The first-order valence-corrected chi connectivity index (χ1v) is 12.3. The van der Waals surface area contributed by atoms with Crippen molar-refractivity contribution in [1.82, 2.24) is 9.55 Å². The molecule has 41 heavy (non-hydrogen) atoms. The van der Waals surface area contributed by atoms with Crippen molar-refractivity contribution in [3.63, 3.8) is 0 Å². The number of fused-ring (bicyclic) bond motifs is 3. The van der Waals surface area contributed by atoms with Gasteiger partial charge in [0, 0.05) is 34.4 Å². The highest BCUT2D eigenvalue weighted by Gasteiger charge is 2.37. The van der Waals surface area contributed by atoms with Gasteiger partial charge < -0.3 is 4.57 Å². The number of halogens is 6. The molecule has 3 nitrogen and oxygen atoms in total. The summed E-state index contributed by atoms with van der Waals surface area (Å²) in [5, 5.41) is 11.2. The van der Waals surface area contributed by atoms with Gasteiger partial charge in [0.25, 0.3) is 0 Å². The summed E-state index contributed by atoms with van der Waals surface area (Å²) in [5.74, 6) is 0. The maximum Gasteiger partial charge on any atom is 0.416 e. The van der Waals surface area contributed by atoms with Crippen molar-refractivity contribution in [2.24, 2.45) is 0 Å². The normalized spacial score (nSPS) is 12.1. The third-order valence-electron chi connectivity index (χ3n) is 6.91. The van der Waals surface area contributed by atoms with E-state index in [0.29, 0.717) is 33.2 Å². The number of rotatable bonds is 3. The van der Waals surface area contributed by atoms with Gasteiger partial charge in [0.05, 0.1) is 33.8 Å². The van der Waals surface area contributed by atoms with Gasteiger partial charge in [-0.3, -0.25) is 4.98 Å². The molecule has 0 bridgehead atoms. The molecule has 0 aliphatic rings. The third kappa shape index (κ3) is 4.67. The zero-order valence-electron chi connectivity index (χ0n) is 20.9. The van der Waals surface area contributed by atoms with Crippen molar-refractivity contribution >= 4 is 21.8 Å². The molecule has 6 rings (SSSR count). The summed E-state index contributed by atoms with van der Waals surface area (Å²) in [6.07, 6.45) is -6.76. The second-order valence-electron chi connectivity index (χ2n) is 9.47. The molecule has 0 N–H and O–H groups in total. The predicted octanol–water partition coefficient (Wildman–Crippen LogP) is 9.42. The van der Waals surface area contributed by atoms with Gasteiger partial charge in [-0.25, -0.2) is 0 Å². The molecule has 9 heteroatoms. The van der Waals surface area contributed by atoms with E-state index in [1.807, 2.05) is 18.2 Å². The van der Waals surface area contributed by atoms with Crippen molar-refractivity contribution in [1.29, 1.82) is 5.26 Å². The summed E-state index contributed by atoms with van der Waals surface area (Å²) in [5.41, 5.74) is 0.590. The first kappa shape index (κ1) is 26.1. The predicted molar refractivity (Wildman–Crippen MR) is 144 cm³/mol. The van der Waals surface area contributed by atoms with Gasteiger partial charge in [0.2, 0.25) is 0 Å². The first-order valence-electron chi connectivity index (χ1n) is 12.3. The van der Waals surface area contributed by atoms with Gasteiger partial charge in [-0.05, 0) is 71.3 Å². The number of benzene rings is 4. The second-order valence-corrected chi connectivity index (χ2v) is 9.47. The monoisotopic (exact) mass is 557 g/mol. The van der Waals surface area contributed by atoms with Crippen molar-refractivity contribution < 1.29 is 26.3 Å². The summed E-state index contributed by atoms with van der Waals surface area (Å²) in [6.45, 7) is 0. The molecule has 6 aromatic rings. The van der Waals surface area contributed by atoms with E-state index in [9.17, 15) is 31.6 Å². The number of hydrogen-bond donors (Lipinski definition) is 0. The lowest BCUT2D eigenvalue weighted by molar-refractivity contribution is -0.143. The van der Waals surface area contributed by atoms with Crippen LogP contribution in [-0.2, 0) is 12.4 Å². The minimum Gasteiger partial charge on any atom is -0.309 e. The zero-order chi connectivity index (χ0) is 28.9. The molecule has 0 spiro atoms. The van der Waals surface area contributed by atoms with Gasteiger partial charge in [-0.1, -0.05) is 36.4 Å². The highest BCUT2D eigenvalue weighted by Crippen LogP contribution is 2.43. The molecule has 0 aliphatic heterocycles. The molecule has 0 saturated carbocycles. The Balaban J connectivity index is 1.72. The van der Waals surface area contributed by atoms with Crippen LogP contribution in [0, 0.1) is 11.3 Å². The van der Waals surface area contributed by atoms with Crippen LogP contribution in [0.3, 0.4) is 0 Å². The average Bonchev–Trinajstić information content (AvgIpc) is 3.31. The van der Waals surface area contributed by atoms with E-state index >= 15 is 0 Å². The van der Waals surface area contributed by atoms with E-state index in [-0.39, 0.29) is 17.2 Å². The van der Waals surface area contributed by atoms with E-state index < -0.39 is 23.5 Å². The Morgan fingerprint density at radius 3 is 1.95 bits per heavy atom. The molecular formula is C32H17F6N3. The van der Waals surface area contributed by atoms with Crippen LogP contribution >= 0.6 is 0 Å². The van der Waals surface area contributed by atoms with E-state index in [1.165, 1.54) is 6.07 Å². The highest BCUT2D eigenvalue weighted by molar-refractivity contribution is 6.13. The smallest absolute Gasteiger partial charge is 0.309 e. The minimum absolute atomic E-state index is 0.122. The summed E-state index contributed by atoms with van der Waals surface area (Å²) in [6, 6.07) is 24.6. The SMILES string of the molecule is N#Cc1cc(-c2ccncc2)cc(-n2c3ccccc3c3cccc(-c4cc(C(F)(F)F)cc(C(F)(F)F)c4)c32)c1. The molecule has 2 heterocycles. The van der Waals surface area contributed by atoms with Gasteiger partial charge in [0.15, 0.2) is 0 Å². The molecule has 0 amide bonds. The fraction of sp³-hybridized carbons (Fsp3) is 0.0625. The van der Waals surface area contributed by atoms with Crippen LogP contribution in [0.4, 0.5) is 26.3 Å². The van der Waals surface area contributed by atoms with E-state index in [1.54, 1.807) is 65.5 Å². The van der Waals surface area contributed by atoms with E-state index in [0.717, 1.165) is 23.1 Å². The number of alkyl halides is 6. The molecule has 0 fully saturated rings. The van der Waals surface area contributed by atoms with Crippen molar-refractivity contribution in [2.45, 2.75) is 12.4 Å². The van der Waals surface area contributed by atoms with Crippen LogP contribution in [0.25, 0.3) is 49.7 Å². The Hall–Kier alpha value is -5.10.